The molecule has 0 aliphatic carbocycles. The lowest BCUT2D eigenvalue weighted by Gasteiger charge is -2.08. The molecule has 1 atom stereocenters. The molecule has 0 spiro atoms. The molecule has 0 saturated heterocycles. The molecule has 1 aromatic carbocycles. The fourth-order valence-corrected chi connectivity index (χ4v) is 1.48. The third kappa shape index (κ3) is 3.41. The number of esters is 1. The monoisotopic (exact) mass is 234 g/mol. The molecule has 0 aliphatic rings. The van der Waals surface area contributed by atoms with Gasteiger partial charge in [-0.3, -0.25) is 4.79 Å². The van der Waals surface area contributed by atoms with Crippen molar-refractivity contribution in [3.63, 3.8) is 0 Å². The summed E-state index contributed by atoms with van der Waals surface area (Å²) >= 11 is 0. The van der Waals surface area contributed by atoms with E-state index in [4.69, 9.17) is 4.74 Å². The van der Waals surface area contributed by atoms with Crippen LogP contribution in [0, 0.1) is 5.92 Å². The van der Waals surface area contributed by atoms with Crippen molar-refractivity contribution >= 4 is 11.8 Å². The molecule has 1 unspecified atom stereocenters. The Morgan fingerprint density at radius 2 is 1.88 bits per heavy atom. The maximum atomic E-state index is 12.0. The first-order valence-corrected chi connectivity index (χ1v) is 5.91. The lowest BCUT2D eigenvalue weighted by molar-refractivity contribution is 0.0526. The second-order valence-electron chi connectivity index (χ2n) is 3.97. The molecule has 0 N–H and O–H groups in total. The molecule has 3 heteroatoms. The minimum absolute atomic E-state index is 0.0209. The highest BCUT2D eigenvalue weighted by atomic mass is 16.5. The van der Waals surface area contributed by atoms with Gasteiger partial charge in [-0.1, -0.05) is 26.0 Å². The Balaban J connectivity index is 2.93. The number of carbonyl (C=O) groups is 2. The van der Waals surface area contributed by atoms with Gasteiger partial charge in [0.2, 0.25) is 0 Å². The van der Waals surface area contributed by atoms with Crippen molar-refractivity contribution in [1.29, 1.82) is 0 Å². The van der Waals surface area contributed by atoms with Crippen molar-refractivity contribution in [2.24, 2.45) is 5.92 Å². The smallest absolute Gasteiger partial charge is 0.338 e. The summed E-state index contributed by atoms with van der Waals surface area (Å²) in [7, 11) is 0. The molecule has 0 aliphatic heterocycles. The van der Waals surface area contributed by atoms with Gasteiger partial charge in [-0.25, -0.2) is 4.79 Å². The molecule has 0 saturated carbocycles. The minimum atomic E-state index is -0.383. The maximum Gasteiger partial charge on any atom is 0.338 e. The van der Waals surface area contributed by atoms with Crippen LogP contribution in [0.4, 0.5) is 0 Å². The SMILES string of the molecule is CCOC(=O)c1cccc(C(=O)C(C)CC)c1. The highest BCUT2D eigenvalue weighted by molar-refractivity contribution is 6.00. The van der Waals surface area contributed by atoms with Crippen LogP contribution in [-0.4, -0.2) is 18.4 Å². The normalized spacial score (nSPS) is 11.9. The van der Waals surface area contributed by atoms with E-state index in [9.17, 15) is 9.59 Å². The second-order valence-corrected chi connectivity index (χ2v) is 3.97. The molecular weight excluding hydrogens is 216 g/mol. The number of benzene rings is 1. The Labute approximate surface area is 102 Å². The summed E-state index contributed by atoms with van der Waals surface area (Å²) in [6.45, 7) is 5.95. The first-order chi connectivity index (χ1) is 8.10. The number of hydrogen-bond donors (Lipinski definition) is 0. The fourth-order valence-electron chi connectivity index (χ4n) is 1.48. The zero-order valence-corrected chi connectivity index (χ0v) is 10.5. The lowest BCUT2D eigenvalue weighted by Crippen LogP contribution is -2.12. The van der Waals surface area contributed by atoms with Crippen LogP contribution in [0.2, 0.25) is 0 Å². The third-order valence-corrected chi connectivity index (χ3v) is 2.72. The van der Waals surface area contributed by atoms with Crippen molar-refractivity contribution in [2.45, 2.75) is 27.2 Å². The van der Waals surface area contributed by atoms with Gasteiger partial charge in [0.25, 0.3) is 0 Å². The van der Waals surface area contributed by atoms with Crippen molar-refractivity contribution in [1.82, 2.24) is 0 Å². The maximum absolute atomic E-state index is 12.0. The Kier molecular flexibility index (Phi) is 4.88. The van der Waals surface area contributed by atoms with E-state index >= 15 is 0 Å². The van der Waals surface area contributed by atoms with E-state index in [0.717, 1.165) is 6.42 Å². The van der Waals surface area contributed by atoms with E-state index in [0.29, 0.717) is 17.7 Å². The molecule has 0 heterocycles. The van der Waals surface area contributed by atoms with Gasteiger partial charge >= 0.3 is 5.97 Å². The van der Waals surface area contributed by atoms with Crippen LogP contribution in [0.1, 0.15) is 47.9 Å². The summed E-state index contributed by atoms with van der Waals surface area (Å²) in [6.07, 6.45) is 0.794. The molecule has 0 bridgehead atoms. The Morgan fingerprint density at radius 3 is 2.47 bits per heavy atom. The molecule has 0 aromatic heterocycles. The molecule has 92 valence electrons. The summed E-state index contributed by atoms with van der Waals surface area (Å²) in [4.78, 5) is 23.5. The number of hydrogen-bond acceptors (Lipinski definition) is 3. The van der Waals surface area contributed by atoms with Gasteiger partial charge in [0, 0.05) is 11.5 Å². The number of ketones is 1. The number of Topliss-reactive ketones (excluding diaryl/α,β-unsaturated/α-hetero) is 1. The van der Waals surface area contributed by atoms with E-state index in [2.05, 4.69) is 0 Å². The van der Waals surface area contributed by atoms with Gasteiger partial charge in [-0.15, -0.1) is 0 Å². The standard InChI is InChI=1S/C14H18O3/c1-4-10(3)13(15)11-7-6-8-12(9-11)14(16)17-5-2/h6-10H,4-5H2,1-3H3. The largest absolute Gasteiger partial charge is 0.462 e. The van der Waals surface area contributed by atoms with Crippen LogP contribution in [0.15, 0.2) is 24.3 Å². The number of ether oxygens (including phenoxy) is 1. The zero-order chi connectivity index (χ0) is 12.8. The minimum Gasteiger partial charge on any atom is -0.462 e. The first kappa shape index (κ1) is 13.4. The van der Waals surface area contributed by atoms with Crippen LogP contribution in [0.5, 0.6) is 0 Å². The van der Waals surface area contributed by atoms with Gasteiger partial charge in [0.15, 0.2) is 5.78 Å². The average molecular weight is 234 g/mol. The Morgan fingerprint density at radius 1 is 1.24 bits per heavy atom. The molecule has 1 aromatic rings. The van der Waals surface area contributed by atoms with Crippen molar-refractivity contribution in [3.8, 4) is 0 Å². The summed E-state index contributed by atoms with van der Waals surface area (Å²) in [6, 6.07) is 6.71. The van der Waals surface area contributed by atoms with E-state index < -0.39 is 0 Å². The quantitative estimate of drug-likeness (QED) is 0.581. The lowest BCUT2D eigenvalue weighted by atomic mass is 9.96. The van der Waals surface area contributed by atoms with Crippen molar-refractivity contribution < 1.29 is 14.3 Å². The van der Waals surface area contributed by atoms with Crippen LogP contribution in [-0.2, 0) is 4.74 Å². The second kappa shape index (κ2) is 6.18. The van der Waals surface area contributed by atoms with Gasteiger partial charge < -0.3 is 4.74 Å². The van der Waals surface area contributed by atoms with Gasteiger partial charge in [-0.2, -0.15) is 0 Å². The molecule has 0 radical (unpaired) electrons. The van der Waals surface area contributed by atoms with Crippen LogP contribution in [0.3, 0.4) is 0 Å². The van der Waals surface area contributed by atoms with Crippen LogP contribution in [0.25, 0.3) is 0 Å². The molecular formula is C14H18O3. The van der Waals surface area contributed by atoms with E-state index in [1.807, 2.05) is 13.8 Å². The van der Waals surface area contributed by atoms with E-state index in [1.165, 1.54) is 0 Å². The Hall–Kier alpha value is -1.64. The van der Waals surface area contributed by atoms with E-state index in [-0.39, 0.29) is 17.7 Å². The predicted molar refractivity (Wildman–Crippen MR) is 66.2 cm³/mol. The third-order valence-electron chi connectivity index (χ3n) is 2.72. The van der Waals surface area contributed by atoms with Gasteiger partial charge in [0.05, 0.1) is 12.2 Å². The molecule has 17 heavy (non-hydrogen) atoms. The summed E-state index contributed by atoms with van der Waals surface area (Å²) < 4.78 is 4.90. The topological polar surface area (TPSA) is 43.4 Å². The van der Waals surface area contributed by atoms with Gasteiger partial charge in [-0.05, 0) is 25.5 Å². The first-order valence-electron chi connectivity index (χ1n) is 5.91. The van der Waals surface area contributed by atoms with Crippen LogP contribution < -0.4 is 0 Å². The molecule has 3 nitrogen and oxygen atoms in total. The molecule has 1 rings (SSSR count). The fraction of sp³-hybridized carbons (Fsp3) is 0.429. The highest BCUT2D eigenvalue weighted by Crippen LogP contribution is 2.14. The van der Waals surface area contributed by atoms with Crippen molar-refractivity contribution in [2.75, 3.05) is 6.61 Å². The molecule has 0 fully saturated rings. The van der Waals surface area contributed by atoms with Crippen molar-refractivity contribution in [3.05, 3.63) is 35.4 Å². The molecule has 0 amide bonds. The predicted octanol–water partition coefficient (Wildman–Crippen LogP) is 3.09. The number of rotatable bonds is 5. The zero-order valence-electron chi connectivity index (χ0n) is 10.5. The summed E-state index contributed by atoms with van der Waals surface area (Å²) in [5.41, 5.74) is 1.01. The highest BCUT2D eigenvalue weighted by Gasteiger charge is 2.15. The van der Waals surface area contributed by atoms with Gasteiger partial charge in [0.1, 0.15) is 0 Å². The summed E-state index contributed by atoms with van der Waals surface area (Å²) in [5, 5.41) is 0. The summed E-state index contributed by atoms with van der Waals surface area (Å²) in [5.74, 6) is -0.336. The Bertz CT molecular complexity index is 410. The van der Waals surface area contributed by atoms with E-state index in [1.54, 1.807) is 31.2 Å². The average Bonchev–Trinajstić information content (AvgIpc) is 2.37. The van der Waals surface area contributed by atoms with Crippen LogP contribution >= 0.6 is 0 Å². The number of carbonyl (C=O) groups excluding carboxylic acids is 2.